The molecule has 2 heterocycles. The van der Waals surface area contributed by atoms with Gasteiger partial charge in [0, 0.05) is 25.7 Å². The summed E-state index contributed by atoms with van der Waals surface area (Å²) in [6, 6.07) is 0.336. The first kappa shape index (κ1) is 14.4. The molecule has 110 valence electrons. The van der Waals surface area contributed by atoms with Crippen LogP contribution in [0.3, 0.4) is 0 Å². The molecule has 1 atom stereocenters. The molecule has 1 aliphatic rings. The van der Waals surface area contributed by atoms with E-state index in [0.29, 0.717) is 19.1 Å². The lowest BCUT2D eigenvalue weighted by Crippen LogP contribution is -2.54. The Morgan fingerprint density at radius 3 is 2.75 bits per heavy atom. The number of likely N-dealkylation sites (N-methyl/N-ethyl adjacent to an activating group) is 1. The lowest BCUT2D eigenvalue weighted by Gasteiger charge is -2.39. The molecule has 0 bridgehead atoms. The average molecular weight is 281 g/mol. The van der Waals surface area contributed by atoms with Crippen molar-refractivity contribution in [2.24, 2.45) is 0 Å². The molecule has 1 fully saturated rings. The summed E-state index contributed by atoms with van der Waals surface area (Å²) in [4.78, 5) is 27.0. The fourth-order valence-corrected chi connectivity index (χ4v) is 2.40. The number of nitrogens with zero attached hydrogens (tertiary/aromatic N) is 5. The largest absolute Gasteiger partial charge is 0.476 e. The van der Waals surface area contributed by atoms with Crippen LogP contribution in [0.5, 0.6) is 0 Å². The van der Waals surface area contributed by atoms with Crippen LogP contribution in [0.25, 0.3) is 0 Å². The molecule has 0 aliphatic carbocycles. The van der Waals surface area contributed by atoms with Crippen LogP contribution in [0, 0.1) is 0 Å². The summed E-state index contributed by atoms with van der Waals surface area (Å²) in [5.74, 6) is -1.21. The molecule has 8 heteroatoms. The normalized spacial score (nSPS) is 20.1. The maximum atomic E-state index is 12.2. The van der Waals surface area contributed by atoms with Gasteiger partial charge in [-0.05, 0) is 13.5 Å². The van der Waals surface area contributed by atoms with Gasteiger partial charge in [0.2, 0.25) is 5.91 Å². The number of amides is 1. The van der Waals surface area contributed by atoms with Crippen LogP contribution in [0.1, 0.15) is 24.3 Å². The fraction of sp³-hybridized carbons (Fsp3) is 0.667. The molecule has 8 nitrogen and oxygen atoms in total. The van der Waals surface area contributed by atoms with Crippen molar-refractivity contribution >= 4 is 11.9 Å². The molecule has 1 saturated heterocycles. The molecule has 1 N–H and O–H groups in total. The number of hydrogen-bond donors (Lipinski definition) is 1. The Bertz CT molecular complexity index is 501. The Kier molecular flexibility index (Phi) is 4.33. The van der Waals surface area contributed by atoms with Crippen LogP contribution in [0.4, 0.5) is 0 Å². The van der Waals surface area contributed by atoms with E-state index < -0.39 is 5.97 Å². The molecule has 0 saturated carbocycles. The molecule has 0 aromatic carbocycles. The number of aromatic nitrogens is 3. The highest BCUT2D eigenvalue weighted by Gasteiger charge is 2.25. The summed E-state index contributed by atoms with van der Waals surface area (Å²) >= 11 is 0. The second-order valence-electron chi connectivity index (χ2n) is 4.92. The number of carboxylic acids is 1. The molecule has 1 aromatic rings. The summed E-state index contributed by atoms with van der Waals surface area (Å²) in [5.41, 5.74) is -0.151. The van der Waals surface area contributed by atoms with E-state index in [1.807, 2.05) is 0 Å². The molecular formula is C12H19N5O3. The first-order valence-electron chi connectivity index (χ1n) is 6.66. The van der Waals surface area contributed by atoms with E-state index in [1.54, 1.807) is 4.90 Å². The van der Waals surface area contributed by atoms with E-state index in [9.17, 15) is 9.59 Å². The quantitative estimate of drug-likeness (QED) is 0.802. The first-order chi connectivity index (χ1) is 9.51. The summed E-state index contributed by atoms with van der Waals surface area (Å²) in [7, 11) is 0. The zero-order valence-electron chi connectivity index (χ0n) is 11.7. The van der Waals surface area contributed by atoms with Crippen LogP contribution in [0.15, 0.2) is 6.20 Å². The van der Waals surface area contributed by atoms with Gasteiger partial charge >= 0.3 is 5.97 Å². The number of rotatable bonds is 4. The minimum atomic E-state index is -1.14. The standard InChI is InChI=1S/C12H19N5O3/c1-3-15-4-5-16(6-9(15)2)11(18)8-17-7-10(12(19)20)13-14-17/h7,9H,3-6,8H2,1-2H3,(H,19,20). The number of piperazine rings is 1. The van der Waals surface area contributed by atoms with Gasteiger partial charge in [-0.2, -0.15) is 0 Å². The van der Waals surface area contributed by atoms with Gasteiger partial charge in [0.1, 0.15) is 6.54 Å². The molecule has 1 unspecified atom stereocenters. The van der Waals surface area contributed by atoms with Gasteiger partial charge in [-0.1, -0.05) is 12.1 Å². The van der Waals surface area contributed by atoms with Crippen LogP contribution in [-0.4, -0.2) is 74.0 Å². The molecule has 1 aliphatic heterocycles. The topological polar surface area (TPSA) is 91.6 Å². The van der Waals surface area contributed by atoms with Crippen LogP contribution in [0.2, 0.25) is 0 Å². The van der Waals surface area contributed by atoms with Crippen molar-refractivity contribution in [2.75, 3.05) is 26.2 Å². The van der Waals surface area contributed by atoms with E-state index in [0.717, 1.165) is 13.1 Å². The second kappa shape index (κ2) is 6.00. The number of carbonyl (C=O) groups is 2. The summed E-state index contributed by atoms with van der Waals surface area (Å²) in [5, 5.41) is 15.9. The van der Waals surface area contributed by atoms with Gasteiger partial charge < -0.3 is 10.0 Å². The fourth-order valence-electron chi connectivity index (χ4n) is 2.40. The molecule has 1 aromatic heterocycles. The Hall–Kier alpha value is -1.96. The Morgan fingerprint density at radius 2 is 2.20 bits per heavy atom. The van der Waals surface area contributed by atoms with Gasteiger partial charge in [-0.15, -0.1) is 5.10 Å². The highest BCUT2D eigenvalue weighted by molar-refractivity contribution is 5.84. The third kappa shape index (κ3) is 3.13. The second-order valence-corrected chi connectivity index (χ2v) is 4.92. The maximum absolute atomic E-state index is 12.2. The number of aromatic carboxylic acids is 1. The third-order valence-electron chi connectivity index (χ3n) is 3.58. The van der Waals surface area contributed by atoms with E-state index in [-0.39, 0.29) is 18.1 Å². The maximum Gasteiger partial charge on any atom is 0.358 e. The molecule has 20 heavy (non-hydrogen) atoms. The zero-order valence-corrected chi connectivity index (χ0v) is 11.7. The number of hydrogen-bond acceptors (Lipinski definition) is 5. The van der Waals surface area contributed by atoms with Crippen LogP contribution < -0.4 is 0 Å². The van der Waals surface area contributed by atoms with E-state index in [4.69, 9.17) is 5.11 Å². The van der Waals surface area contributed by atoms with Gasteiger partial charge in [0.25, 0.3) is 0 Å². The lowest BCUT2D eigenvalue weighted by atomic mass is 10.2. The predicted octanol–water partition coefficient (Wildman–Crippen LogP) is -0.471. The first-order valence-corrected chi connectivity index (χ1v) is 6.66. The number of carbonyl (C=O) groups excluding carboxylic acids is 1. The highest BCUT2D eigenvalue weighted by atomic mass is 16.4. The minimum Gasteiger partial charge on any atom is -0.476 e. The highest BCUT2D eigenvalue weighted by Crippen LogP contribution is 2.09. The monoisotopic (exact) mass is 281 g/mol. The van der Waals surface area contributed by atoms with Crippen molar-refractivity contribution in [1.29, 1.82) is 0 Å². The summed E-state index contributed by atoms with van der Waals surface area (Å²) in [6.07, 6.45) is 1.27. The van der Waals surface area contributed by atoms with Crippen LogP contribution >= 0.6 is 0 Å². The van der Waals surface area contributed by atoms with E-state index >= 15 is 0 Å². The van der Waals surface area contributed by atoms with Crippen molar-refractivity contribution in [2.45, 2.75) is 26.4 Å². The van der Waals surface area contributed by atoms with Crippen molar-refractivity contribution in [3.05, 3.63) is 11.9 Å². The lowest BCUT2D eigenvalue weighted by molar-refractivity contribution is -0.134. The smallest absolute Gasteiger partial charge is 0.358 e. The Balaban J connectivity index is 1.93. The Morgan fingerprint density at radius 1 is 1.45 bits per heavy atom. The van der Waals surface area contributed by atoms with Crippen molar-refractivity contribution < 1.29 is 14.7 Å². The van der Waals surface area contributed by atoms with Gasteiger partial charge in [0.15, 0.2) is 5.69 Å². The molecule has 0 spiro atoms. The van der Waals surface area contributed by atoms with E-state index in [1.165, 1.54) is 10.9 Å². The van der Waals surface area contributed by atoms with Gasteiger partial charge in [-0.3, -0.25) is 9.69 Å². The van der Waals surface area contributed by atoms with Crippen molar-refractivity contribution in [1.82, 2.24) is 24.8 Å². The molecule has 0 radical (unpaired) electrons. The van der Waals surface area contributed by atoms with Crippen molar-refractivity contribution in [3.8, 4) is 0 Å². The van der Waals surface area contributed by atoms with E-state index in [2.05, 4.69) is 29.1 Å². The van der Waals surface area contributed by atoms with Crippen molar-refractivity contribution in [3.63, 3.8) is 0 Å². The zero-order chi connectivity index (χ0) is 14.7. The molecule has 2 rings (SSSR count). The summed E-state index contributed by atoms with van der Waals surface area (Å²) < 4.78 is 1.27. The van der Waals surface area contributed by atoms with Crippen LogP contribution in [-0.2, 0) is 11.3 Å². The Labute approximate surface area is 117 Å². The van der Waals surface area contributed by atoms with Gasteiger partial charge in [-0.25, -0.2) is 9.48 Å². The average Bonchev–Trinajstić information content (AvgIpc) is 2.87. The third-order valence-corrected chi connectivity index (χ3v) is 3.58. The number of carboxylic acid groups (broad SMARTS) is 1. The molecule has 1 amide bonds. The molecular weight excluding hydrogens is 262 g/mol. The van der Waals surface area contributed by atoms with Gasteiger partial charge in [0.05, 0.1) is 6.20 Å². The minimum absolute atomic E-state index is 0.0269. The predicted molar refractivity (Wildman–Crippen MR) is 70.3 cm³/mol. The SMILES string of the molecule is CCN1CCN(C(=O)Cn2cc(C(=O)O)nn2)CC1C. The summed E-state index contributed by atoms with van der Waals surface area (Å²) in [6.45, 7) is 7.46.